The molecule has 5 rings (SSSR count). The number of nitrogens with zero attached hydrogens (tertiary/aromatic N) is 2. The molecule has 188 valence electrons. The highest BCUT2D eigenvalue weighted by molar-refractivity contribution is 7.98. The van der Waals surface area contributed by atoms with Crippen molar-refractivity contribution < 1.29 is 28.2 Å². The first-order valence-electron chi connectivity index (χ1n) is 11.2. The molecule has 7 nitrogen and oxygen atoms in total. The molecule has 0 aliphatic carbocycles. The molecule has 0 spiro atoms. The number of aromatic nitrogens is 1. The topological polar surface area (TPSA) is 94.8 Å². The van der Waals surface area contributed by atoms with E-state index in [0.29, 0.717) is 22.6 Å². The van der Waals surface area contributed by atoms with Crippen molar-refractivity contribution in [1.82, 2.24) is 9.58 Å². The first kappa shape index (κ1) is 24.3. The molecule has 2 aliphatic heterocycles. The molecule has 1 amide bonds. The number of thioether (sulfide) groups is 1. The number of carbonyl (C=O) groups is 1. The number of benzene rings is 2. The predicted octanol–water partition coefficient (Wildman–Crippen LogP) is 3.82. The van der Waals surface area contributed by atoms with Gasteiger partial charge >= 0.3 is 6.18 Å². The van der Waals surface area contributed by atoms with Crippen LogP contribution in [0.15, 0.2) is 52.2 Å². The first-order chi connectivity index (χ1) is 17.1. The molecular formula is C25H22F3N3O4S. The number of rotatable bonds is 3. The van der Waals surface area contributed by atoms with E-state index in [2.05, 4.69) is 5.43 Å². The molecule has 1 atom stereocenters. The van der Waals surface area contributed by atoms with Crippen LogP contribution in [0.1, 0.15) is 39.7 Å². The molecule has 0 unspecified atom stereocenters. The average molecular weight is 518 g/mol. The Morgan fingerprint density at radius 2 is 1.81 bits per heavy atom. The molecule has 0 bridgehead atoms. The van der Waals surface area contributed by atoms with Gasteiger partial charge in [0.25, 0.3) is 5.91 Å². The lowest BCUT2D eigenvalue weighted by atomic mass is 9.91. The average Bonchev–Trinajstić information content (AvgIpc) is 3.04. The zero-order chi connectivity index (χ0) is 25.8. The largest absolute Gasteiger partial charge is 0.502 e. The minimum Gasteiger partial charge on any atom is -0.502 e. The van der Waals surface area contributed by atoms with Crippen LogP contribution in [-0.4, -0.2) is 44.6 Å². The van der Waals surface area contributed by atoms with Gasteiger partial charge in [-0.2, -0.15) is 13.2 Å². The Hall–Kier alpha value is -3.44. The number of hydrogen-bond acceptors (Lipinski definition) is 6. The molecule has 36 heavy (non-hydrogen) atoms. The van der Waals surface area contributed by atoms with Gasteiger partial charge in [-0.3, -0.25) is 9.59 Å². The van der Waals surface area contributed by atoms with Gasteiger partial charge in [0.1, 0.15) is 12.7 Å². The summed E-state index contributed by atoms with van der Waals surface area (Å²) in [5.74, 6) is -1.50. The van der Waals surface area contributed by atoms with E-state index >= 15 is 0 Å². The van der Waals surface area contributed by atoms with Crippen molar-refractivity contribution in [2.24, 2.45) is 0 Å². The molecule has 11 heteroatoms. The second kappa shape index (κ2) is 8.90. The monoisotopic (exact) mass is 517 g/mol. The van der Waals surface area contributed by atoms with E-state index < -0.39 is 48.3 Å². The van der Waals surface area contributed by atoms with Crippen LogP contribution < -0.4 is 10.9 Å². The molecule has 1 aromatic heterocycles. The zero-order valence-corrected chi connectivity index (χ0v) is 19.9. The van der Waals surface area contributed by atoms with Gasteiger partial charge in [0, 0.05) is 16.2 Å². The van der Waals surface area contributed by atoms with Crippen LogP contribution in [0.2, 0.25) is 0 Å². The molecule has 0 radical (unpaired) electrons. The van der Waals surface area contributed by atoms with E-state index in [-0.39, 0.29) is 11.3 Å². The maximum absolute atomic E-state index is 13.4. The van der Waals surface area contributed by atoms with Crippen molar-refractivity contribution in [3.05, 3.63) is 80.6 Å². The molecule has 0 saturated carbocycles. The lowest BCUT2D eigenvalue weighted by Crippen LogP contribution is -2.55. The standard InChI is InChI=1S/C25H22F3N3O4S/c1-13(25(26,27)28)30-12-29-31-20(18(10-32)22(33)23(34)21(31)24(30)35)16-7-4-6-15-11-36-19-8-3-2-5-14(19)9-17(15)16/h2-8,13,29,32,34H,9-12H2,1H3/t13-/m1/s1. The van der Waals surface area contributed by atoms with Crippen LogP contribution in [-0.2, 0) is 18.8 Å². The second-order valence-corrected chi connectivity index (χ2v) is 9.69. The molecule has 3 heterocycles. The highest BCUT2D eigenvalue weighted by Gasteiger charge is 2.45. The Morgan fingerprint density at radius 3 is 2.53 bits per heavy atom. The van der Waals surface area contributed by atoms with Crippen LogP contribution in [0.5, 0.6) is 5.75 Å². The fraction of sp³-hybridized carbons (Fsp3) is 0.280. The van der Waals surface area contributed by atoms with Gasteiger partial charge in [0.15, 0.2) is 11.4 Å². The molecule has 2 aromatic carbocycles. The van der Waals surface area contributed by atoms with Gasteiger partial charge < -0.3 is 20.5 Å². The van der Waals surface area contributed by atoms with Gasteiger partial charge in [-0.15, -0.1) is 11.8 Å². The third-order valence-corrected chi connectivity index (χ3v) is 7.82. The van der Waals surface area contributed by atoms with Gasteiger partial charge in [-0.25, -0.2) is 4.68 Å². The molecule has 3 aromatic rings. The van der Waals surface area contributed by atoms with Crippen molar-refractivity contribution in [2.75, 3.05) is 12.1 Å². The van der Waals surface area contributed by atoms with E-state index in [9.17, 15) is 33.0 Å². The fourth-order valence-corrected chi connectivity index (χ4v) is 5.76. The zero-order valence-electron chi connectivity index (χ0n) is 19.1. The predicted molar refractivity (Wildman–Crippen MR) is 128 cm³/mol. The van der Waals surface area contributed by atoms with E-state index in [4.69, 9.17) is 0 Å². The maximum Gasteiger partial charge on any atom is 0.408 e. The molecular weight excluding hydrogens is 495 g/mol. The summed E-state index contributed by atoms with van der Waals surface area (Å²) in [6.45, 7) is -0.421. The number of hydrogen-bond donors (Lipinski definition) is 3. The van der Waals surface area contributed by atoms with Crippen molar-refractivity contribution in [2.45, 2.75) is 42.8 Å². The molecule has 0 fully saturated rings. The number of aliphatic hydroxyl groups is 1. The van der Waals surface area contributed by atoms with E-state index in [1.54, 1.807) is 23.9 Å². The highest BCUT2D eigenvalue weighted by Crippen LogP contribution is 2.40. The summed E-state index contributed by atoms with van der Waals surface area (Å²) < 4.78 is 41.3. The summed E-state index contributed by atoms with van der Waals surface area (Å²) in [4.78, 5) is 27.9. The van der Waals surface area contributed by atoms with Crippen molar-refractivity contribution in [3.63, 3.8) is 0 Å². The number of aliphatic hydroxyl groups excluding tert-OH is 1. The van der Waals surface area contributed by atoms with Gasteiger partial charge in [0.2, 0.25) is 5.43 Å². The number of aromatic hydroxyl groups is 1. The van der Waals surface area contributed by atoms with Gasteiger partial charge in [-0.05, 0) is 36.1 Å². The summed E-state index contributed by atoms with van der Waals surface area (Å²) in [5, 5.41) is 20.7. The Morgan fingerprint density at radius 1 is 1.08 bits per heavy atom. The quantitative estimate of drug-likeness (QED) is 0.489. The summed E-state index contributed by atoms with van der Waals surface area (Å²) in [5.41, 5.74) is 4.60. The van der Waals surface area contributed by atoms with Crippen LogP contribution in [0.25, 0.3) is 11.3 Å². The Kier molecular flexibility index (Phi) is 6.00. The van der Waals surface area contributed by atoms with Crippen molar-refractivity contribution in [3.8, 4) is 17.0 Å². The second-order valence-electron chi connectivity index (χ2n) is 8.67. The number of pyridine rings is 1. The Balaban J connectivity index is 1.74. The van der Waals surface area contributed by atoms with E-state index in [1.165, 1.54) is 0 Å². The van der Waals surface area contributed by atoms with Crippen LogP contribution in [0.4, 0.5) is 13.2 Å². The Labute approximate surface area is 208 Å². The Bertz CT molecular complexity index is 1440. The molecule has 3 N–H and O–H groups in total. The normalized spacial score (nSPS) is 15.9. The summed E-state index contributed by atoms with van der Waals surface area (Å²) in [6.07, 6.45) is -4.19. The van der Waals surface area contributed by atoms with Crippen molar-refractivity contribution in [1.29, 1.82) is 0 Å². The van der Waals surface area contributed by atoms with Gasteiger partial charge in [0.05, 0.1) is 17.9 Å². The summed E-state index contributed by atoms with van der Waals surface area (Å²) >= 11 is 1.67. The lowest BCUT2D eigenvalue weighted by Gasteiger charge is -2.37. The first-order valence-corrected chi connectivity index (χ1v) is 12.2. The molecule has 0 saturated heterocycles. The number of amides is 1. The molecule has 2 aliphatic rings. The summed E-state index contributed by atoms with van der Waals surface area (Å²) in [7, 11) is 0. The third-order valence-electron chi connectivity index (χ3n) is 6.66. The maximum atomic E-state index is 13.4. The fourth-order valence-electron chi connectivity index (χ4n) is 4.68. The van der Waals surface area contributed by atoms with E-state index in [0.717, 1.165) is 33.2 Å². The van der Waals surface area contributed by atoms with Crippen LogP contribution in [0, 0.1) is 0 Å². The summed E-state index contributed by atoms with van der Waals surface area (Å²) in [6, 6.07) is 11.2. The minimum absolute atomic E-state index is 0.143. The third kappa shape index (κ3) is 3.82. The smallest absolute Gasteiger partial charge is 0.408 e. The number of nitrogens with one attached hydrogen (secondary N) is 1. The number of fused-ring (bicyclic) bond motifs is 3. The van der Waals surface area contributed by atoms with Crippen LogP contribution in [0.3, 0.4) is 0 Å². The van der Waals surface area contributed by atoms with Gasteiger partial charge in [-0.1, -0.05) is 36.4 Å². The highest BCUT2D eigenvalue weighted by atomic mass is 32.2. The number of halogens is 3. The van der Waals surface area contributed by atoms with Crippen LogP contribution >= 0.6 is 11.8 Å². The lowest BCUT2D eigenvalue weighted by molar-refractivity contribution is -0.172. The van der Waals surface area contributed by atoms with E-state index in [1.807, 2.05) is 30.3 Å². The number of carbonyl (C=O) groups excluding carboxylic acids is 1. The minimum atomic E-state index is -4.70. The SMILES string of the molecule is C[C@@H](N1CNn2c(c(O)c(=O)c(CO)c2-c2cccc3c2Cc2ccccc2SC3)C1=O)C(F)(F)F. The number of alkyl halides is 3. The van der Waals surface area contributed by atoms with Crippen molar-refractivity contribution >= 4 is 17.7 Å².